The predicted octanol–water partition coefficient (Wildman–Crippen LogP) is 3.13. The van der Waals surface area contributed by atoms with Gasteiger partial charge in [0.2, 0.25) is 0 Å². The van der Waals surface area contributed by atoms with Crippen LogP contribution in [-0.2, 0) is 4.79 Å². The summed E-state index contributed by atoms with van der Waals surface area (Å²) < 4.78 is 39.5. The lowest BCUT2D eigenvalue weighted by Gasteiger charge is -2.13. The number of amides is 1. The Morgan fingerprint density at radius 3 is 2.60 bits per heavy atom. The lowest BCUT2D eigenvalue weighted by molar-refractivity contribution is -0.118. The maximum absolute atomic E-state index is 12.4. The number of hydrogen-bond acceptors (Lipinski definition) is 5. The molecule has 0 bridgehead atoms. The Kier molecular flexibility index (Phi) is 6.27. The van der Waals surface area contributed by atoms with E-state index in [0.29, 0.717) is 17.6 Å². The van der Waals surface area contributed by atoms with Crippen molar-refractivity contribution in [2.45, 2.75) is 6.61 Å². The highest BCUT2D eigenvalue weighted by atomic mass is 19.3. The quantitative estimate of drug-likeness (QED) is 0.740. The van der Waals surface area contributed by atoms with Gasteiger partial charge in [-0.2, -0.15) is 8.78 Å². The number of carbonyl (C=O) groups excluding carboxylic acids is 2. The SMILES string of the molecule is COc1ccc(C=O)cc1OCC(=O)Nc1ccccc1OC(F)F. The van der Waals surface area contributed by atoms with E-state index in [1.54, 1.807) is 6.07 Å². The smallest absolute Gasteiger partial charge is 0.387 e. The third kappa shape index (κ3) is 5.17. The summed E-state index contributed by atoms with van der Waals surface area (Å²) >= 11 is 0. The van der Waals surface area contributed by atoms with Gasteiger partial charge in [0.1, 0.15) is 12.0 Å². The summed E-state index contributed by atoms with van der Waals surface area (Å²) in [7, 11) is 1.42. The van der Waals surface area contributed by atoms with Gasteiger partial charge in [0, 0.05) is 5.56 Å². The van der Waals surface area contributed by atoms with Crippen LogP contribution in [0.25, 0.3) is 0 Å². The highest BCUT2D eigenvalue weighted by molar-refractivity contribution is 5.93. The average molecular weight is 351 g/mol. The summed E-state index contributed by atoms with van der Waals surface area (Å²) in [6, 6.07) is 10.3. The number of alkyl halides is 2. The number of methoxy groups -OCH3 is 1. The maximum atomic E-state index is 12.4. The van der Waals surface area contributed by atoms with Gasteiger partial charge in [-0.05, 0) is 30.3 Å². The fourth-order valence-electron chi connectivity index (χ4n) is 1.98. The fraction of sp³-hybridized carbons (Fsp3) is 0.176. The molecule has 0 saturated carbocycles. The summed E-state index contributed by atoms with van der Waals surface area (Å²) in [6.07, 6.45) is 0.629. The molecule has 0 fully saturated rings. The van der Waals surface area contributed by atoms with Gasteiger partial charge in [0.05, 0.1) is 12.8 Å². The van der Waals surface area contributed by atoms with Crippen molar-refractivity contribution in [1.29, 1.82) is 0 Å². The molecule has 0 aliphatic rings. The van der Waals surface area contributed by atoms with E-state index in [-0.39, 0.29) is 17.2 Å². The number of para-hydroxylation sites is 2. The molecule has 2 aromatic carbocycles. The molecule has 0 atom stereocenters. The largest absolute Gasteiger partial charge is 0.493 e. The minimum absolute atomic E-state index is 0.0880. The minimum Gasteiger partial charge on any atom is -0.493 e. The van der Waals surface area contributed by atoms with Crippen molar-refractivity contribution < 1.29 is 32.6 Å². The topological polar surface area (TPSA) is 73.9 Å². The molecule has 25 heavy (non-hydrogen) atoms. The zero-order valence-electron chi connectivity index (χ0n) is 13.2. The lowest BCUT2D eigenvalue weighted by atomic mass is 10.2. The molecular weight excluding hydrogens is 336 g/mol. The molecule has 1 amide bonds. The second kappa shape index (κ2) is 8.62. The van der Waals surface area contributed by atoms with Crippen LogP contribution in [0.1, 0.15) is 10.4 Å². The number of rotatable bonds is 8. The van der Waals surface area contributed by atoms with Crippen LogP contribution in [0.4, 0.5) is 14.5 Å². The fourth-order valence-corrected chi connectivity index (χ4v) is 1.98. The van der Waals surface area contributed by atoms with E-state index in [0.717, 1.165) is 0 Å². The van der Waals surface area contributed by atoms with Crippen molar-refractivity contribution in [2.75, 3.05) is 19.0 Å². The van der Waals surface area contributed by atoms with E-state index >= 15 is 0 Å². The van der Waals surface area contributed by atoms with Gasteiger partial charge in [-0.15, -0.1) is 0 Å². The number of halogens is 2. The molecular formula is C17H15F2NO5. The number of ether oxygens (including phenoxy) is 3. The zero-order chi connectivity index (χ0) is 18.2. The second-order valence-electron chi connectivity index (χ2n) is 4.74. The first-order valence-corrected chi connectivity index (χ1v) is 7.13. The van der Waals surface area contributed by atoms with Crippen LogP contribution in [0.5, 0.6) is 17.2 Å². The van der Waals surface area contributed by atoms with Crippen LogP contribution in [0.15, 0.2) is 42.5 Å². The van der Waals surface area contributed by atoms with E-state index < -0.39 is 19.1 Å². The summed E-state index contributed by atoms with van der Waals surface area (Å²) in [5.41, 5.74) is 0.442. The van der Waals surface area contributed by atoms with Crippen LogP contribution in [0.3, 0.4) is 0 Å². The highest BCUT2D eigenvalue weighted by Gasteiger charge is 2.13. The minimum atomic E-state index is -3.01. The Morgan fingerprint density at radius 2 is 1.92 bits per heavy atom. The first kappa shape index (κ1) is 18.2. The maximum Gasteiger partial charge on any atom is 0.387 e. The molecule has 132 valence electrons. The lowest BCUT2D eigenvalue weighted by Crippen LogP contribution is -2.21. The van der Waals surface area contributed by atoms with Crippen molar-refractivity contribution >= 4 is 17.9 Å². The molecule has 0 aliphatic carbocycles. The number of nitrogens with one attached hydrogen (secondary N) is 1. The van der Waals surface area contributed by atoms with Crippen LogP contribution >= 0.6 is 0 Å². The number of aldehydes is 1. The molecule has 6 nitrogen and oxygen atoms in total. The Morgan fingerprint density at radius 1 is 1.16 bits per heavy atom. The van der Waals surface area contributed by atoms with Crippen LogP contribution in [0.2, 0.25) is 0 Å². The van der Waals surface area contributed by atoms with Crippen LogP contribution in [-0.4, -0.2) is 32.5 Å². The molecule has 0 unspecified atom stereocenters. The van der Waals surface area contributed by atoms with Crippen molar-refractivity contribution in [3.05, 3.63) is 48.0 Å². The predicted molar refractivity (Wildman–Crippen MR) is 85.6 cm³/mol. The molecule has 0 saturated heterocycles. The molecule has 0 heterocycles. The monoisotopic (exact) mass is 351 g/mol. The first-order chi connectivity index (χ1) is 12.0. The van der Waals surface area contributed by atoms with Gasteiger partial charge < -0.3 is 19.5 Å². The highest BCUT2D eigenvalue weighted by Crippen LogP contribution is 2.28. The number of benzene rings is 2. The molecule has 8 heteroatoms. The molecule has 1 N–H and O–H groups in total. The van der Waals surface area contributed by atoms with E-state index in [2.05, 4.69) is 10.1 Å². The van der Waals surface area contributed by atoms with Crippen molar-refractivity contribution in [3.8, 4) is 17.2 Å². The van der Waals surface area contributed by atoms with Gasteiger partial charge >= 0.3 is 6.61 Å². The van der Waals surface area contributed by atoms with Crippen molar-refractivity contribution in [3.63, 3.8) is 0 Å². The molecule has 2 rings (SSSR count). The van der Waals surface area contributed by atoms with Gasteiger partial charge in [-0.1, -0.05) is 12.1 Å². The number of carbonyl (C=O) groups is 2. The van der Waals surface area contributed by atoms with E-state index in [4.69, 9.17) is 9.47 Å². The Balaban J connectivity index is 2.03. The van der Waals surface area contributed by atoms with Crippen LogP contribution < -0.4 is 19.5 Å². The van der Waals surface area contributed by atoms with Crippen molar-refractivity contribution in [2.24, 2.45) is 0 Å². The average Bonchev–Trinajstić information content (AvgIpc) is 2.61. The number of anilines is 1. The molecule has 2 aromatic rings. The Hall–Kier alpha value is -3.16. The Labute approximate surface area is 142 Å². The Bertz CT molecular complexity index is 752. The van der Waals surface area contributed by atoms with E-state index in [1.807, 2.05) is 0 Å². The standard InChI is InChI=1S/C17H15F2NO5/c1-23-14-7-6-11(9-21)8-15(14)24-10-16(22)20-12-4-2-3-5-13(12)25-17(18)19/h2-9,17H,10H2,1H3,(H,20,22). The summed E-state index contributed by atoms with van der Waals surface area (Å²) in [6.45, 7) is -3.42. The third-order valence-electron chi connectivity index (χ3n) is 3.06. The van der Waals surface area contributed by atoms with Crippen LogP contribution in [0, 0.1) is 0 Å². The molecule has 0 radical (unpaired) electrons. The van der Waals surface area contributed by atoms with Gasteiger partial charge in [0.15, 0.2) is 18.1 Å². The second-order valence-corrected chi connectivity index (χ2v) is 4.74. The van der Waals surface area contributed by atoms with E-state index in [9.17, 15) is 18.4 Å². The summed E-state index contributed by atoms with van der Waals surface area (Å²) in [4.78, 5) is 22.8. The normalized spacial score (nSPS) is 10.2. The molecule has 0 spiro atoms. The third-order valence-corrected chi connectivity index (χ3v) is 3.06. The first-order valence-electron chi connectivity index (χ1n) is 7.13. The van der Waals surface area contributed by atoms with Gasteiger partial charge in [0.25, 0.3) is 5.91 Å². The van der Waals surface area contributed by atoms with Gasteiger partial charge in [-0.25, -0.2) is 0 Å². The summed E-state index contributed by atoms with van der Waals surface area (Å²) in [5.74, 6) is -0.200. The van der Waals surface area contributed by atoms with Gasteiger partial charge in [-0.3, -0.25) is 9.59 Å². The summed E-state index contributed by atoms with van der Waals surface area (Å²) in [5, 5.41) is 2.42. The molecule has 0 aromatic heterocycles. The molecule has 0 aliphatic heterocycles. The number of hydrogen-bond donors (Lipinski definition) is 1. The zero-order valence-corrected chi connectivity index (χ0v) is 13.2. The van der Waals surface area contributed by atoms with Crippen molar-refractivity contribution in [1.82, 2.24) is 0 Å². The van der Waals surface area contributed by atoms with E-state index in [1.165, 1.54) is 43.5 Å².